The minimum atomic E-state index is -0.638. The van der Waals surface area contributed by atoms with Gasteiger partial charge < -0.3 is 0 Å². The molecule has 0 unspecified atom stereocenters. The van der Waals surface area contributed by atoms with Crippen molar-refractivity contribution >= 4 is 0 Å². The van der Waals surface area contributed by atoms with E-state index >= 15 is 0 Å². The van der Waals surface area contributed by atoms with Gasteiger partial charge in [-0.1, -0.05) is 37.6 Å². The number of benzene rings is 1. The topological polar surface area (TPSA) is 23.8 Å². The van der Waals surface area contributed by atoms with Gasteiger partial charge in [-0.25, -0.2) is 0 Å². The second-order valence-corrected chi connectivity index (χ2v) is 6.45. The van der Waals surface area contributed by atoms with Crippen molar-refractivity contribution in [3.8, 4) is 6.07 Å². The highest BCUT2D eigenvalue weighted by Crippen LogP contribution is 2.37. The fourth-order valence-electron chi connectivity index (χ4n) is 3.52. The molecule has 1 aliphatic rings. The summed E-state index contributed by atoms with van der Waals surface area (Å²) >= 11 is 0. The molecule has 0 atom stereocenters. The molecule has 0 amide bonds. The second-order valence-electron chi connectivity index (χ2n) is 6.45. The van der Waals surface area contributed by atoms with Crippen molar-refractivity contribution in [2.45, 2.75) is 64.2 Å². The van der Waals surface area contributed by atoms with E-state index in [0.29, 0.717) is 18.3 Å². The SMILES string of the molecule is CCCc1ccc([C@H]2CC[C@H](CCC=C(F)C#N)CC2)cc1. The van der Waals surface area contributed by atoms with Gasteiger partial charge >= 0.3 is 0 Å². The molecule has 0 saturated heterocycles. The number of hydrogen-bond acceptors (Lipinski definition) is 1. The molecule has 1 aromatic carbocycles. The van der Waals surface area contributed by atoms with Crippen LogP contribution in [0.25, 0.3) is 0 Å². The third kappa shape index (κ3) is 4.98. The summed E-state index contributed by atoms with van der Waals surface area (Å²) in [6, 6.07) is 10.7. The Labute approximate surface area is 133 Å². The van der Waals surface area contributed by atoms with Crippen molar-refractivity contribution in [1.29, 1.82) is 5.26 Å². The first-order valence-electron chi connectivity index (χ1n) is 8.57. The van der Waals surface area contributed by atoms with E-state index < -0.39 is 5.83 Å². The van der Waals surface area contributed by atoms with E-state index in [-0.39, 0.29) is 0 Å². The van der Waals surface area contributed by atoms with Crippen LogP contribution in [-0.2, 0) is 6.42 Å². The lowest BCUT2D eigenvalue weighted by Crippen LogP contribution is -2.13. The summed E-state index contributed by atoms with van der Waals surface area (Å²) in [5, 5.41) is 8.39. The first-order chi connectivity index (χ1) is 10.7. The molecule has 2 rings (SSSR count). The highest BCUT2D eigenvalue weighted by atomic mass is 19.1. The van der Waals surface area contributed by atoms with Crippen LogP contribution in [0, 0.1) is 17.2 Å². The predicted octanol–water partition coefficient (Wildman–Crippen LogP) is 6.07. The van der Waals surface area contributed by atoms with Crippen LogP contribution in [0.3, 0.4) is 0 Å². The Morgan fingerprint density at radius 1 is 1.23 bits per heavy atom. The van der Waals surface area contributed by atoms with E-state index in [1.807, 2.05) is 0 Å². The van der Waals surface area contributed by atoms with E-state index in [2.05, 4.69) is 31.2 Å². The highest BCUT2D eigenvalue weighted by molar-refractivity contribution is 5.25. The molecule has 0 N–H and O–H groups in total. The van der Waals surface area contributed by atoms with Gasteiger partial charge in [0.2, 0.25) is 0 Å². The van der Waals surface area contributed by atoms with E-state index in [1.54, 1.807) is 0 Å². The van der Waals surface area contributed by atoms with Crippen LogP contribution in [-0.4, -0.2) is 0 Å². The van der Waals surface area contributed by atoms with Gasteiger partial charge in [0.25, 0.3) is 0 Å². The summed E-state index contributed by atoms with van der Waals surface area (Å²) in [5.41, 5.74) is 2.92. The fourth-order valence-corrected chi connectivity index (χ4v) is 3.52. The van der Waals surface area contributed by atoms with Gasteiger partial charge in [-0.15, -0.1) is 0 Å². The molecule has 0 aromatic heterocycles. The lowest BCUT2D eigenvalue weighted by atomic mass is 9.77. The molecule has 118 valence electrons. The molecule has 0 radical (unpaired) electrons. The minimum Gasteiger partial charge on any atom is -0.195 e. The van der Waals surface area contributed by atoms with Gasteiger partial charge in [0.15, 0.2) is 5.83 Å². The Morgan fingerprint density at radius 3 is 2.50 bits per heavy atom. The van der Waals surface area contributed by atoms with Gasteiger partial charge in [-0.3, -0.25) is 0 Å². The third-order valence-electron chi connectivity index (χ3n) is 4.84. The van der Waals surface area contributed by atoms with Crippen molar-refractivity contribution < 1.29 is 4.39 Å². The molecule has 1 nitrogen and oxygen atoms in total. The Balaban J connectivity index is 1.78. The Bertz CT molecular complexity index is 516. The zero-order valence-electron chi connectivity index (χ0n) is 13.5. The summed E-state index contributed by atoms with van der Waals surface area (Å²) in [4.78, 5) is 0. The number of aryl methyl sites for hydroxylation is 1. The highest BCUT2D eigenvalue weighted by Gasteiger charge is 2.21. The van der Waals surface area contributed by atoms with Crippen LogP contribution in [0.15, 0.2) is 36.2 Å². The molecule has 1 saturated carbocycles. The first kappa shape index (κ1) is 16.7. The summed E-state index contributed by atoms with van der Waals surface area (Å²) in [5.74, 6) is 0.748. The Hall–Kier alpha value is -1.62. The van der Waals surface area contributed by atoms with Gasteiger partial charge in [-0.05, 0) is 74.0 Å². The van der Waals surface area contributed by atoms with Crippen molar-refractivity contribution in [3.63, 3.8) is 0 Å². The van der Waals surface area contributed by atoms with Crippen LogP contribution in [0.2, 0.25) is 0 Å². The van der Waals surface area contributed by atoms with E-state index in [4.69, 9.17) is 5.26 Å². The number of nitriles is 1. The summed E-state index contributed by atoms with van der Waals surface area (Å²) < 4.78 is 12.8. The third-order valence-corrected chi connectivity index (χ3v) is 4.84. The molecular weight excluding hydrogens is 273 g/mol. The maximum absolute atomic E-state index is 12.8. The van der Waals surface area contributed by atoms with Crippen LogP contribution < -0.4 is 0 Å². The van der Waals surface area contributed by atoms with Gasteiger partial charge in [-0.2, -0.15) is 9.65 Å². The second kappa shape index (κ2) is 8.73. The van der Waals surface area contributed by atoms with Crippen molar-refractivity contribution in [2.75, 3.05) is 0 Å². The van der Waals surface area contributed by atoms with Crippen LogP contribution in [0.4, 0.5) is 4.39 Å². The maximum Gasteiger partial charge on any atom is 0.196 e. The van der Waals surface area contributed by atoms with Gasteiger partial charge in [0, 0.05) is 0 Å². The zero-order valence-corrected chi connectivity index (χ0v) is 13.5. The molecule has 0 aliphatic heterocycles. The molecule has 1 fully saturated rings. The van der Waals surface area contributed by atoms with E-state index in [1.165, 1.54) is 61.8 Å². The molecule has 0 bridgehead atoms. The van der Waals surface area contributed by atoms with E-state index in [0.717, 1.165) is 6.42 Å². The number of allylic oxidation sites excluding steroid dienone is 2. The summed E-state index contributed by atoms with van der Waals surface area (Å²) in [6.07, 6.45) is 10.4. The lowest BCUT2D eigenvalue weighted by molar-refractivity contribution is 0.311. The largest absolute Gasteiger partial charge is 0.196 e. The molecule has 1 aliphatic carbocycles. The monoisotopic (exact) mass is 299 g/mol. The van der Waals surface area contributed by atoms with Crippen molar-refractivity contribution in [3.05, 3.63) is 47.3 Å². The fraction of sp³-hybridized carbons (Fsp3) is 0.550. The lowest BCUT2D eigenvalue weighted by Gasteiger charge is -2.28. The van der Waals surface area contributed by atoms with Crippen LogP contribution in [0.1, 0.15) is 68.9 Å². The zero-order chi connectivity index (χ0) is 15.8. The molecule has 22 heavy (non-hydrogen) atoms. The number of nitrogens with zero attached hydrogens (tertiary/aromatic N) is 1. The first-order valence-corrected chi connectivity index (χ1v) is 8.57. The molecular formula is C20H26FN. The minimum absolute atomic E-state index is 0.638. The summed E-state index contributed by atoms with van der Waals surface area (Å²) in [7, 11) is 0. The predicted molar refractivity (Wildman–Crippen MR) is 89.2 cm³/mol. The average molecular weight is 299 g/mol. The number of halogens is 1. The average Bonchev–Trinajstić information content (AvgIpc) is 2.56. The molecule has 2 heteroatoms. The van der Waals surface area contributed by atoms with Crippen molar-refractivity contribution in [2.24, 2.45) is 5.92 Å². The standard InChI is InChI=1S/C20H26FN/c1-2-4-16-7-11-18(12-8-16)19-13-9-17(10-14-19)5-3-6-20(21)15-22/h6-8,11-12,17,19H,2-5,9-10,13-14H2,1H3/t17-,19-. The summed E-state index contributed by atoms with van der Waals surface area (Å²) in [6.45, 7) is 2.22. The smallest absolute Gasteiger partial charge is 0.195 e. The molecule has 0 spiro atoms. The Morgan fingerprint density at radius 2 is 1.91 bits per heavy atom. The molecule has 1 aromatic rings. The van der Waals surface area contributed by atoms with Crippen LogP contribution in [0.5, 0.6) is 0 Å². The quantitative estimate of drug-likeness (QED) is 0.585. The normalized spacial score (nSPS) is 22.3. The van der Waals surface area contributed by atoms with Gasteiger partial charge in [0.1, 0.15) is 6.07 Å². The number of hydrogen-bond donors (Lipinski definition) is 0. The molecule has 0 heterocycles. The van der Waals surface area contributed by atoms with E-state index in [9.17, 15) is 4.39 Å². The Kier molecular flexibility index (Phi) is 6.65. The van der Waals surface area contributed by atoms with Crippen molar-refractivity contribution in [1.82, 2.24) is 0 Å². The van der Waals surface area contributed by atoms with Gasteiger partial charge in [0.05, 0.1) is 0 Å². The number of rotatable bonds is 6. The maximum atomic E-state index is 12.8. The van der Waals surface area contributed by atoms with Crippen LogP contribution >= 0.6 is 0 Å².